The first-order valence-electron chi connectivity index (χ1n) is 20.4. The zero-order valence-electron chi connectivity index (χ0n) is 32.8. The van der Waals surface area contributed by atoms with Crippen LogP contribution in [0.4, 0.5) is 34.1 Å². The highest BCUT2D eigenvalue weighted by atomic mass is 32.1. The molecule has 6 heteroatoms. The van der Waals surface area contributed by atoms with Gasteiger partial charge >= 0.3 is 0 Å². The Hall–Kier alpha value is -7.93. The van der Waals surface area contributed by atoms with Gasteiger partial charge in [-0.05, 0) is 77.9 Å². The topological polar surface area (TPSA) is 45.7 Å². The quantitative estimate of drug-likeness (QED) is 0.153. The minimum atomic E-state index is 0.549. The summed E-state index contributed by atoms with van der Waals surface area (Å²) >= 11 is 1.82. The normalized spacial score (nSPS) is 11.6. The van der Waals surface area contributed by atoms with E-state index in [1.54, 1.807) is 0 Å². The molecule has 0 bridgehead atoms. The predicted octanol–water partition coefficient (Wildman–Crippen LogP) is 16.4. The molecule has 288 valence electrons. The number of benzene rings is 9. The van der Waals surface area contributed by atoms with Crippen molar-refractivity contribution in [3.8, 4) is 22.6 Å². The molecule has 0 amide bonds. The predicted molar refractivity (Wildman–Crippen MR) is 254 cm³/mol. The lowest BCUT2D eigenvalue weighted by atomic mass is 10.0. The number of aromatic nitrogens is 1. The van der Waals surface area contributed by atoms with Gasteiger partial charge in [0.05, 0.1) is 27.4 Å². The number of hydrogen-bond acceptors (Lipinski definition) is 6. The second-order valence-corrected chi connectivity index (χ2v) is 16.2. The van der Waals surface area contributed by atoms with Gasteiger partial charge in [0.15, 0.2) is 11.2 Å². The molecule has 0 spiro atoms. The maximum Gasteiger partial charge on any atom is 0.227 e. The Morgan fingerprint density at radius 1 is 0.377 bits per heavy atom. The lowest BCUT2D eigenvalue weighted by Gasteiger charge is -2.29. The van der Waals surface area contributed by atoms with Gasteiger partial charge in [-0.2, -0.15) is 0 Å². The molecule has 3 aromatic heterocycles. The molecule has 3 heterocycles. The van der Waals surface area contributed by atoms with Crippen molar-refractivity contribution < 1.29 is 8.83 Å². The molecule has 61 heavy (non-hydrogen) atoms. The number of oxazole rings is 1. The van der Waals surface area contributed by atoms with Gasteiger partial charge in [-0.25, -0.2) is 4.98 Å². The minimum Gasteiger partial charge on any atom is -0.454 e. The summed E-state index contributed by atoms with van der Waals surface area (Å²) in [5.41, 5.74) is 11.9. The van der Waals surface area contributed by atoms with Crippen LogP contribution in [0.15, 0.2) is 221 Å². The van der Waals surface area contributed by atoms with E-state index in [2.05, 4.69) is 174 Å². The van der Waals surface area contributed by atoms with Crippen LogP contribution >= 0.6 is 11.3 Å². The van der Waals surface area contributed by atoms with Crippen LogP contribution in [0.1, 0.15) is 0 Å². The van der Waals surface area contributed by atoms with Crippen LogP contribution in [0.2, 0.25) is 0 Å². The van der Waals surface area contributed by atoms with Crippen molar-refractivity contribution in [2.24, 2.45) is 0 Å². The maximum absolute atomic E-state index is 6.84. The standard InChI is InChI=1S/C55H35N3O2S/c1-4-16-36(17-5-1)37-30-32-40(33-31-37)58(46-26-14-24-44-42-22-10-12-28-49(42)59-53(44)46)48-34-41(35-50-52(48)56-55(60-50)38-18-6-2-7-19-38)57(39-20-8-3-9-21-39)47-27-15-25-45-43-23-11-13-29-51(43)61-54(45)47/h1-35H. The van der Waals surface area contributed by atoms with Crippen molar-refractivity contribution in [1.82, 2.24) is 4.98 Å². The zero-order valence-corrected chi connectivity index (χ0v) is 33.6. The Labute approximate surface area is 355 Å². The van der Waals surface area contributed by atoms with Crippen LogP contribution in [-0.2, 0) is 0 Å². The van der Waals surface area contributed by atoms with E-state index in [-0.39, 0.29) is 0 Å². The molecule has 0 saturated carbocycles. The lowest BCUT2D eigenvalue weighted by molar-refractivity contribution is 0.620. The first kappa shape index (κ1) is 35.1. The molecule has 0 saturated heterocycles. The van der Waals surface area contributed by atoms with Crippen molar-refractivity contribution in [2.75, 3.05) is 9.80 Å². The zero-order chi connectivity index (χ0) is 40.3. The smallest absolute Gasteiger partial charge is 0.227 e. The van der Waals surface area contributed by atoms with Gasteiger partial charge in [0.25, 0.3) is 0 Å². The van der Waals surface area contributed by atoms with Gasteiger partial charge < -0.3 is 18.6 Å². The van der Waals surface area contributed by atoms with Crippen LogP contribution in [0.3, 0.4) is 0 Å². The van der Waals surface area contributed by atoms with Crippen LogP contribution in [0, 0.1) is 0 Å². The fraction of sp³-hybridized carbons (Fsp3) is 0. The van der Waals surface area contributed by atoms with E-state index in [9.17, 15) is 0 Å². The van der Waals surface area contributed by atoms with E-state index in [1.807, 2.05) is 59.9 Å². The maximum atomic E-state index is 6.84. The van der Waals surface area contributed by atoms with Crippen molar-refractivity contribution in [3.05, 3.63) is 212 Å². The number of para-hydroxylation sites is 3. The fourth-order valence-corrected chi connectivity index (χ4v) is 9.87. The van der Waals surface area contributed by atoms with E-state index in [0.717, 1.165) is 78.3 Å². The number of rotatable bonds is 8. The molecule has 0 fully saturated rings. The van der Waals surface area contributed by atoms with Crippen molar-refractivity contribution in [1.29, 1.82) is 0 Å². The molecule has 9 aromatic carbocycles. The fourth-order valence-electron chi connectivity index (χ4n) is 8.66. The molecule has 0 aliphatic rings. The van der Waals surface area contributed by atoms with Gasteiger partial charge in [-0.1, -0.05) is 140 Å². The number of hydrogen-bond donors (Lipinski definition) is 0. The van der Waals surface area contributed by atoms with Crippen LogP contribution in [0.5, 0.6) is 0 Å². The second kappa shape index (κ2) is 14.4. The molecular weight excluding hydrogens is 767 g/mol. The molecular formula is C55H35N3O2S. The summed E-state index contributed by atoms with van der Waals surface area (Å²) in [5.74, 6) is 0.549. The van der Waals surface area contributed by atoms with E-state index in [1.165, 1.54) is 20.2 Å². The Morgan fingerprint density at radius 2 is 0.984 bits per heavy atom. The molecule has 0 atom stereocenters. The third-order valence-electron chi connectivity index (χ3n) is 11.5. The highest BCUT2D eigenvalue weighted by Crippen LogP contribution is 2.50. The number of nitrogens with zero attached hydrogens (tertiary/aromatic N) is 3. The van der Waals surface area contributed by atoms with Gasteiger partial charge in [-0.3, -0.25) is 0 Å². The summed E-state index contributed by atoms with van der Waals surface area (Å²) < 4.78 is 16.1. The number of fused-ring (bicyclic) bond motifs is 7. The number of thiophene rings is 1. The van der Waals surface area contributed by atoms with Crippen molar-refractivity contribution >= 4 is 98.7 Å². The molecule has 12 aromatic rings. The molecule has 0 aliphatic carbocycles. The Bertz CT molecular complexity index is 3540. The minimum absolute atomic E-state index is 0.549. The van der Waals surface area contributed by atoms with Crippen LogP contribution < -0.4 is 9.80 Å². The van der Waals surface area contributed by atoms with Gasteiger partial charge in [0, 0.05) is 49.2 Å². The average molecular weight is 802 g/mol. The SMILES string of the molecule is c1ccc(-c2ccc(N(c3cc(N(c4ccccc4)c4cccc5c4sc4ccccc45)cc4oc(-c5ccccc5)nc34)c3cccc4c3oc3ccccc34)cc2)cc1. The summed E-state index contributed by atoms with van der Waals surface area (Å²) in [7, 11) is 0. The van der Waals surface area contributed by atoms with Crippen molar-refractivity contribution in [2.45, 2.75) is 0 Å². The highest BCUT2D eigenvalue weighted by Gasteiger charge is 2.27. The molecule has 0 aliphatic heterocycles. The first-order chi connectivity index (χ1) is 30.2. The molecule has 12 rings (SSSR count). The first-order valence-corrected chi connectivity index (χ1v) is 21.2. The van der Waals surface area contributed by atoms with Gasteiger partial charge in [-0.15, -0.1) is 11.3 Å². The van der Waals surface area contributed by atoms with Gasteiger partial charge in [0.2, 0.25) is 5.89 Å². The van der Waals surface area contributed by atoms with E-state index in [4.69, 9.17) is 13.8 Å². The monoisotopic (exact) mass is 801 g/mol. The second-order valence-electron chi connectivity index (χ2n) is 15.1. The summed E-state index contributed by atoms with van der Waals surface area (Å²) in [4.78, 5) is 9.95. The lowest BCUT2D eigenvalue weighted by Crippen LogP contribution is -2.14. The molecule has 0 radical (unpaired) electrons. The van der Waals surface area contributed by atoms with Gasteiger partial charge in [0.1, 0.15) is 11.1 Å². The van der Waals surface area contributed by atoms with E-state index < -0.39 is 0 Å². The Balaban J connectivity index is 1.16. The summed E-state index contributed by atoms with van der Waals surface area (Å²) in [6.07, 6.45) is 0. The third-order valence-corrected chi connectivity index (χ3v) is 12.7. The van der Waals surface area contributed by atoms with Crippen LogP contribution in [0.25, 0.3) is 75.8 Å². The largest absolute Gasteiger partial charge is 0.454 e. The van der Waals surface area contributed by atoms with E-state index >= 15 is 0 Å². The Kier molecular flexibility index (Phi) is 8.28. The molecule has 5 nitrogen and oxygen atoms in total. The summed E-state index contributed by atoms with van der Waals surface area (Å²) in [6.45, 7) is 0. The highest BCUT2D eigenvalue weighted by molar-refractivity contribution is 7.26. The number of anilines is 6. The summed E-state index contributed by atoms with van der Waals surface area (Å²) in [5, 5.41) is 4.58. The summed E-state index contributed by atoms with van der Waals surface area (Å²) in [6, 6.07) is 74.3. The average Bonchev–Trinajstić information content (AvgIpc) is 4.05. The van der Waals surface area contributed by atoms with Crippen molar-refractivity contribution in [3.63, 3.8) is 0 Å². The Morgan fingerprint density at radius 3 is 1.77 bits per heavy atom. The number of furan rings is 1. The van der Waals surface area contributed by atoms with E-state index in [0.29, 0.717) is 11.5 Å². The molecule has 0 unspecified atom stereocenters. The molecule has 0 N–H and O–H groups in total. The van der Waals surface area contributed by atoms with Crippen LogP contribution in [-0.4, -0.2) is 4.98 Å². The third kappa shape index (κ3) is 5.95.